The summed E-state index contributed by atoms with van der Waals surface area (Å²) in [6.45, 7) is 4.64. The molecule has 0 N–H and O–H groups in total. The zero-order chi connectivity index (χ0) is 7.72. The van der Waals surface area contributed by atoms with Crippen LogP contribution < -0.4 is 0 Å². The van der Waals surface area contributed by atoms with Gasteiger partial charge in [-0.1, -0.05) is 45.7 Å². The molecule has 0 radical (unpaired) electrons. The van der Waals surface area contributed by atoms with Gasteiger partial charge >= 0.3 is 0 Å². The van der Waals surface area contributed by atoms with Gasteiger partial charge < -0.3 is 0 Å². The second-order valence-electron chi connectivity index (χ2n) is 3.37. The van der Waals surface area contributed by atoms with E-state index in [1.807, 2.05) is 0 Å². The van der Waals surface area contributed by atoms with Gasteiger partial charge in [-0.25, -0.2) is 0 Å². The average Bonchev–Trinajstić information content (AvgIpc) is 1.93. The predicted octanol–water partition coefficient (Wildman–Crippen LogP) is 3.58. The van der Waals surface area contributed by atoms with Gasteiger partial charge in [0.2, 0.25) is 0 Å². The van der Waals surface area contributed by atoms with Crippen molar-refractivity contribution < 1.29 is 0 Å². The van der Waals surface area contributed by atoms with Crippen molar-refractivity contribution in [3.63, 3.8) is 0 Å². The standard InChI is InChI=1S/C8H14Br2/c1-5-3-4-7(9)6(2)8(5)10/h5-8H,3-4H2,1-2H3. The Morgan fingerprint density at radius 2 is 1.70 bits per heavy atom. The molecular weight excluding hydrogens is 256 g/mol. The van der Waals surface area contributed by atoms with Crippen molar-refractivity contribution in [2.75, 3.05) is 0 Å². The summed E-state index contributed by atoms with van der Waals surface area (Å²) in [5.74, 6) is 1.63. The van der Waals surface area contributed by atoms with Gasteiger partial charge in [0.05, 0.1) is 0 Å². The summed E-state index contributed by atoms with van der Waals surface area (Å²) in [6.07, 6.45) is 2.70. The molecule has 4 atom stereocenters. The molecule has 0 nitrogen and oxygen atoms in total. The molecule has 0 aliphatic heterocycles. The van der Waals surface area contributed by atoms with Gasteiger partial charge in [-0.05, 0) is 24.7 Å². The first-order valence-electron chi connectivity index (χ1n) is 3.91. The molecule has 1 fully saturated rings. The normalized spacial score (nSPS) is 49.2. The van der Waals surface area contributed by atoms with E-state index in [4.69, 9.17) is 0 Å². The number of hydrogen-bond donors (Lipinski definition) is 0. The Morgan fingerprint density at radius 1 is 1.10 bits per heavy atom. The Hall–Kier alpha value is 0.960. The molecule has 4 unspecified atom stereocenters. The van der Waals surface area contributed by atoms with Gasteiger partial charge in [0.25, 0.3) is 0 Å². The maximum Gasteiger partial charge on any atom is 0.0207 e. The summed E-state index contributed by atoms with van der Waals surface area (Å²) in [5, 5.41) is 0. The molecule has 1 rings (SSSR count). The van der Waals surface area contributed by atoms with Crippen LogP contribution in [0.4, 0.5) is 0 Å². The molecule has 60 valence electrons. The zero-order valence-corrected chi connectivity index (χ0v) is 9.65. The van der Waals surface area contributed by atoms with Crippen LogP contribution in [0.5, 0.6) is 0 Å². The largest absolute Gasteiger partial charge is 0.0887 e. The maximum atomic E-state index is 3.73. The van der Waals surface area contributed by atoms with E-state index < -0.39 is 0 Å². The van der Waals surface area contributed by atoms with E-state index in [0.29, 0.717) is 4.83 Å². The zero-order valence-electron chi connectivity index (χ0n) is 6.48. The highest BCUT2D eigenvalue weighted by Crippen LogP contribution is 2.37. The van der Waals surface area contributed by atoms with E-state index in [-0.39, 0.29) is 0 Å². The minimum absolute atomic E-state index is 0.714. The Balaban J connectivity index is 2.52. The third kappa shape index (κ3) is 1.76. The SMILES string of the molecule is CC1CCC(Br)C(C)C1Br. The number of alkyl halides is 2. The van der Waals surface area contributed by atoms with Crippen LogP contribution in [0.15, 0.2) is 0 Å². The lowest BCUT2D eigenvalue weighted by atomic mass is 9.83. The summed E-state index contributed by atoms with van der Waals surface area (Å²) < 4.78 is 0. The minimum atomic E-state index is 0.714. The lowest BCUT2D eigenvalue weighted by molar-refractivity contribution is 0.332. The van der Waals surface area contributed by atoms with E-state index in [2.05, 4.69) is 45.7 Å². The Morgan fingerprint density at radius 3 is 2.20 bits per heavy atom. The van der Waals surface area contributed by atoms with Gasteiger partial charge in [0.15, 0.2) is 0 Å². The molecule has 1 aliphatic rings. The molecule has 0 bridgehead atoms. The van der Waals surface area contributed by atoms with E-state index in [0.717, 1.165) is 16.7 Å². The summed E-state index contributed by atoms with van der Waals surface area (Å²) in [7, 11) is 0. The van der Waals surface area contributed by atoms with Crippen molar-refractivity contribution in [1.29, 1.82) is 0 Å². The van der Waals surface area contributed by atoms with Crippen LogP contribution in [0.2, 0.25) is 0 Å². The van der Waals surface area contributed by atoms with Crippen molar-refractivity contribution in [1.82, 2.24) is 0 Å². The topological polar surface area (TPSA) is 0 Å². The van der Waals surface area contributed by atoms with Gasteiger partial charge in [-0.15, -0.1) is 0 Å². The highest BCUT2D eigenvalue weighted by atomic mass is 79.9. The predicted molar refractivity (Wildman–Crippen MR) is 53.0 cm³/mol. The first kappa shape index (κ1) is 9.05. The van der Waals surface area contributed by atoms with Crippen LogP contribution in [0, 0.1) is 11.8 Å². The molecule has 0 aromatic rings. The van der Waals surface area contributed by atoms with Crippen LogP contribution in [-0.2, 0) is 0 Å². The lowest BCUT2D eigenvalue weighted by Gasteiger charge is -2.34. The van der Waals surface area contributed by atoms with Crippen LogP contribution in [0.1, 0.15) is 26.7 Å². The summed E-state index contributed by atoms with van der Waals surface area (Å²) in [6, 6.07) is 0. The monoisotopic (exact) mass is 268 g/mol. The quantitative estimate of drug-likeness (QED) is 0.590. The van der Waals surface area contributed by atoms with Crippen molar-refractivity contribution in [3.05, 3.63) is 0 Å². The second-order valence-corrected chi connectivity index (χ2v) is 5.61. The van der Waals surface area contributed by atoms with Crippen LogP contribution in [-0.4, -0.2) is 9.65 Å². The fourth-order valence-corrected chi connectivity index (χ4v) is 3.20. The van der Waals surface area contributed by atoms with Gasteiger partial charge in [0.1, 0.15) is 0 Å². The third-order valence-corrected chi connectivity index (χ3v) is 5.54. The number of hydrogen-bond acceptors (Lipinski definition) is 0. The van der Waals surface area contributed by atoms with E-state index in [1.165, 1.54) is 12.8 Å². The first-order chi connectivity index (χ1) is 4.63. The molecule has 10 heavy (non-hydrogen) atoms. The molecule has 0 aromatic heterocycles. The van der Waals surface area contributed by atoms with Crippen LogP contribution >= 0.6 is 31.9 Å². The summed E-state index contributed by atoms with van der Waals surface area (Å²) in [5.41, 5.74) is 0. The molecule has 0 heterocycles. The molecular formula is C8H14Br2. The minimum Gasteiger partial charge on any atom is -0.0887 e. The molecule has 2 heteroatoms. The van der Waals surface area contributed by atoms with Crippen molar-refractivity contribution >= 4 is 31.9 Å². The Kier molecular flexibility index (Phi) is 3.23. The summed E-state index contributed by atoms with van der Waals surface area (Å²) >= 11 is 7.42. The smallest absolute Gasteiger partial charge is 0.0207 e. The van der Waals surface area contributed by atoms with Gasteiger partial charge in [0, 0.05) is 9.65 Å². The first-order valence-corrected chi connectivity index (χ1v) is 5.74. The lowest BCUT2D eigenvalue weighted by Crippen LogP contribution is -2.32. The molecule has 0 amide bonds. The van der Waals surface area contributed by atoms with Crippen molar-refractivity contribution in [3.8, 4) is 0 Å². The Labute approximate surface area is 80.0 Å². The van der Waals surface area contributed by atoms with E-state index in [1.54, 1.807) is 0 Å². The highest BCUT2D eigenvalue weighted by Gasteiger charge is 2.30. The van der Waals surface area contributed by atoms with Crippen molar-refractivity contribution in [2.24, 2.45) is 11.8 Å². The van der Waals surface area contributed by atoms with Crippen LogP contribution in [0.3, 0.4) is 0 Å². The van der Waals surface area contributed by atoms with E-state index >= 15 is 0 Å². The van der Waals surface area contributed by atoms with Gasteiger partial charge in [-0.3, -0.25) is 0 Å². The molecule has 1 aliphatic carbocycles. The number of halogens is 2. The average molecular weight is 270 g/mol. The van der Waals surface area contributed by atoms with E-state index in [9.17, 15) is 0 Å². The molecule has 1 saturated carbocycles. The third-order valence-electron chi connectivity index (χ3n) is 2.51. The molecule has 0 aromatic carbocycles. The second kappa shape index (κ2) is 3.57. The maximum absolute atomic E-state index is 3.73. The highest BCUT2D eigenvalue weighted by molar-refractivity contribution is 9.10. The fraction of sp³-hybridized carbons (Fsp3) is 1.00. The number of rotatable bonds is 0. The Bertz CT molecular complexity index is 99.8. The van der Waals surface area contributed by atoms with Gasteiger partial charge in [-0.2, -0.15) is 0 Å². The van der Waals surface area contributed by atoms with Crippen LogP contribution in [0.25, 0.3) is 0 Å². The molecule has 0 saturated heterocycles. The van der Waals surface area contributed by atoms with Crippen molar-refractivity contribution in [2.45, 2.75) is 36.3 Å². The summed E-state index contributed by atoms with van der Waals surface area (Å²) in [4.78, 5) is 1.44. The molecule has 0 spiro atoms. The fourth-order valence-electron chi connectivity index (χ4n) is 1.56.